The number of rotatable bonds is 4. The van der Waals surface area contributed by atoms with Crippen LogP contribution in [0.25, 0.3) is 0 Å². The normalized spacial score (nSPS) is 18.1. The highest BCUT2D eigenvalue weighted by atomic mass is 32.1. The Balaban J connectivity index is 1.86. The number of nitrogens with zero attached hydrogens (tertiary/aromatic N) is 1. The predicted molar refractivity (Wildman–Crippen MR) is 56.7 cm³/mol. The first-order valence-corrected chi connectivity index (χ1v) is 5.65. The SMILES string of the molecule is COc1ccsc1CN1CC(CO)C1. The molecule has 1 aromatic rings. The van der Waals surface area contributed by atoms with Gasteiger partial charge in [-0.2, -0.15) is 0 Å². The topological polar surface area (TPSA) is 32.7 Å². The molecule has 1 fully saturated rings. The van der Waals surface area contributed by atoms with E-state index in [0.29, 0.717) is 12.5 Å². The van der Waals surface area contributed by atoms with Gasteiger partial charge >= 0.3 is 0 Å². The van der Waals surface area contributed by atoms with E-state index >= 15 is 0 Å². The highest BCUT2D eigenvalue weighted by Crippen LogP contribution is 2.28. The minimum absolute atomic E-state index is 0.318. The van der Waals surface area contributed by atoms with Crippen LogP contribution in [0.15, 0.2) is 11.4 Å². The predicted octanol–water partition coefficient (Wildman–Crippen LogP) is 1.18. The van der Waals surface area contributed by atoms with Crippen molar-refractivity contribution in [2.75, 3.05) is 26.8 Å². The molecular weight excluding hydrogens is 198 g/mol. The van der Waals surface area contributed by atoms with Gasteiger partial charge in [-0.3, -0.25) is 4.90 Å². The Hall–Kier alpha value is -0.580. The van der Waals surface area contributed by atoms with Crippen molar-refractivity contribution in [3.8, 4) is 5.75 Å². The first kappa shape index (κ1) is 9.96. The molecule has 0 aromatic carbocycles. The van der Waals surface area contributed by atoms with Crippen molar-refractivity contribution < 1.29 is 9.84 Å². The van der Waals surface area contributed by atoms with Crippen molar-refractivity contribution >= 4 is 11.3 Å². The number of aliphatic hydroxyl groups excluding tert-OH is 1. The maximum atomic E-state index is 8.88. The van der Waals surface area contributed by atoms with E-state index in [1.165, 1.54) is 4.88 Å². The molecule has 0 atom stereocenters. The summed E-state index contributed by atoms with van der Waals surface area (Å²) in [5, 5.41) is 10.9. The number of thiophene rings is 1. The van der Waals surface area contributed by atoms with Crippen LogP contribution in [-0.4, -0.2) is 36.8 Å². The van der Waals surface area contributed by atoms with Crippen LogP contribution in [0.3, 0.4) is 0 Å². The lowest BCUT2D eigenvalue weighted by molar-refractivity contribution is 0.0482. The first-order chi connectivity index (χ1) is 6.83. The number of hydrogen-bond donors (Lipinski definition) is 1. The fraction of sp³-hybridized carbons (Fsp3) is 0.600. The Labute approximate surface area is 87.9 Å². The van der Waals surface area contributed by atoms with Crippen LogP contribution in [0.5, 0.6) is 5.75 Å². The molecule has 0 amide bonds. The Morgan fingerprint density at radius 2 is 2.43 bits per heavy atom. The lowest BCUT2D eigenvalue weighted by Crippen LogP contribution is -2.47. The molecule has 2 rings (SSSR count). The average Bonchev–Trinajstić information content (AvgIpc) is 2.57. The summed E-state index contributed by atoms with van der Waals surface area (Å²) >= 11 is 1.73. The molecule has 1 aliphatic heterocycles. The summed E-state index contributed by atoms with van der Waals surface area (Å²) in [6.07, 6.45) is 0. The van der Waals surface area contributed by atoms with Gasteiger partial charge in [-0.1, -0.05) is 0 Å². The number of hydrogen-bond acceptors (Lipinski definition) is 4. The van der Waals surface area contributed by atoms with Crippen molar-refractivity contribution in [1.82, 2.24) is 4.90 Å². The van der Waals surface area contributed by atoms with E-state index < -0.39 is 0 Å². The summed E-state index contributed by atoms with van der Waals surface area (Å²) in [6, 6.07) is 2.00. The molecule has 4 heteroatoms. The molecule has 0 radical (unpaired) electrons. The third kappa shape index (κ3) is 1.92. The molecule has 0 aliphatic carbocycles. The monoisotopic (exact) mass is 213 g/mol. The summed E-state index contributed by atoms with van der Waals surface area (Å²) in [5.74, 6) is 1.48. The fourth-order valence-corrected chi connectivity index (χ4v) is 2.63. The average molecular weight is 213 g/mol. The lowest BCUT2D eigenvalue weighted by Gasteiger charge is -2.37. The van der Waals surface area contributed by atoms with Gasteiger partial charge in [0.25, 0.3) is 0 Å². The van der Waals surface area contributed by atoms with Crippen molar-refractivity contribution in [1.29, 1.82) is 0 Å². The lowest BCUT2D eigenvalue weighted by atomic mass is 10.0. The smallest absolute Gasteiger partial charge is 0.134 e. The van der Waals surface area contributed by atoms with Gasteiger partial charge in [0.15, 0.2) is 0 Å². The Morgan fingerprint density at radius 1 is 1.64 bits per heavy atom. The molecule has 2 heterocycles. The van der Waals surface area contributed by atoms with Crippen molar-refractivity contribution in [3.63, 3.8) is 0 Å². The van der Waals surface area contributed by atoms with Crippen LogP contribution < -0.4 is 4.74 Å². The minimum atomic E-state index is 0.318. The maximum Gasteiger partial charge on any atom is 0.134 e. The van der Waals surface area contributed by atoms with Gasteiger partial charge in [0, 0.05) is 32.2 Å². The quantitative estimate of drug-likeness (QED) is 0.815. The first-order valence-electron chi connectivity index (χ1n) is 4.77. The third-order valence-electron chi connectivity index (χ3n) is 2.58. The molecule has 1 N–H and O–H groups in total. The number of methoxy groups -OCH3 is 1. The minimum Gasteiger partial charge on any atom is -0.496 e. The van der Waals surface area contributed by atoms with E-state index in [1.54, 1.807) is 18.4 Å². The number of likely N-dealkylation sites (tertiary alicyclic amines) is 1. The molecule has 14 heavy (non-hydrogen) atoms. The molecule has 1 aromatic heterocycles. The zero-order chi connectivity index (χ0) is 9.97. The zero-order valence-corrected chi connectivity index (χ0v) is 9.09. The van der Waals surface area contributed by atoms with E-state index in [4.69, 9.17) is 9.84 Å². The van der Waals surface area contributed by atoms with E-state index in [0.717, 1.165) is 25.4 Å². The van der Waals surface area contributed by atoms with Crippen LogP contribution >= 0.6 is 11.3 Å². The fourth-order valence-electron chi connectivity index (χ4n) is 1.75. The zero-order valence-electron chi connectivity index (χ0n) is 8.27. The van der Waals surface area contributed by atoms with Crippen LogP contribution in [-0.2, 0) is 6.54 Å². The van der Waals surface area contributed by atoms with Crippen LogP contribution in [0.4, 0.5) is 0 Å². The number of ether oxygens (including phenoxy) is 1. The van der Waals surface area contributed by atoms with E-state index in [1.807, 2.05) is 6.07 Å². The summed E-state index contributed by atoms with van der Waals surface area (Å²) in [7, 11) is 1.71. The summed E-state index contributed by atoms with van der Waals surface area (Å²) in [5.41, 5.74) is 0. The Bertz CT molecular complexity index is 294. The summed E-state index contributed by atoms with van der Waals surface area (Å²) in [4.78, 5) is 3.61. The van der Waals surface area contributed by atoms with Crippen LogP contribution in [0.1, 0.15) is 4.88 Å². The Kier molecular flexibility index (Phi) is 3.05. The Morgan fingerprint density at radius 3 is 3.07 bits per heavy atom. The number of aliphatic hydroxyl groups is 1. The van der Waals surface area contributed by atoms with Crippen molar-refractivity contribution in [2.45, 2.75) is 6.54 Å². The van der Waals surface area contributed by atoms with Gasteiger partial charge in [-0.25, -0.2) is 0 Å². The second kappa shape index (κ2) is 4.29. The molecule has 78 valence electrons. The standard InChI is InChI=1S/C10H15NO2S/c1-13-9-2-3-14-10(9)6-11-4-8(5-11)7-12/h2-3,8,12H,4-7H2,1H3. The maximum absolute atomic E-state index is 8.88. The molecule has 0 unspecified atom stereocenters. The molecule has 0 bridgehead atoms. The van der Waals surface area contributed by atoms with E-state index in [-0.39, 0.29) is 0 Å². The van der Waals surface area contributed by atoms with Crippen LogP contribution in [0, 0.1) is 5.92 Å². The van der Waals surface area contributed by atoms with Gasteiger partial charge in [0.1, 0.15) is 5.75 Å². The van der Waals surface area contributed by atoms with Gasteiger partial charge in [-0.15, -0.1) is 11.3 Å². The molecule has 1 saturated heterocycles. The largest absolute Gasteiger partial charge is 0.496 e. The highest BCUT2D eigenvalue weighted by Gasteiger charge is 2.26. The van der Waals surface area contributed by atoms with Gasteiger partial charge in [0.2, 0.25) is 0 Å². The van der Waals surface area contributed by atoms with Gasteiger partial charge in [-0.05, 0) is 11.4 Å². The molecule has 1 aliphatic rings. The molecular formula is C10H15NO2S. The van der Waals surface area contributed by atoms with E-state index in [2.05, 4.69) is 10.3 Å². The second-order valence-corrected chi connectivity index (χ2v) is 4.66. The molecule has 0 saturated carbocycles. The third-order valence-corrected chi connectivity index (χ3v) is 3.47. The van der Waals surface area contributed by atoms with E-state index in [9.17, 15) is 0 Å². The summed E-state index contributed by atoms with van der Waals surface area (Å²) < 4.78 is 5.24. The van der Waals surface area contributed by atoms with Crippen molar-refractivity contribution in [2.24, 2.45) is 5.92 Å². The van der Waals surface area contributed by atoms with Crippen LogP contribution in [0.2, 0.25) is 0 Å². The van der Waals surface area contributed by atoms with Crippen molar-refractivity contribution in [3.05, 3.63) is 16.3 Å². The molecule has 3 nitrogen and oxygen atoms in total. The summed E-state index contributed by atoms with van der Waals surface area (Å²) in [6.45, 7) is 3.30. The second-order valence-electron chi connectivity index (χ2n) is 3.65. The van der Waals surface area contributed by atoms with Gasteiger partial charge in [0.05, 0.1) is 12.0 Å². The molecule has 0 spiro atoms. The van der Waals surface area contributed by atoms with Gasteiger partial charge < -0.3 is 9.84 Å². The highest BCUT2D eigenvalue weighted by molar-refractivity contribution is 7.10.